The molecule has 1 N–H and O–H groups in total. The van der Waals surface area contributed by atoms with E-state index in [1.54, 1.807) is 0 Å². The van der Waals surface area contributed by atoms with E-state index in [4.69, 9.17) is 4.74 Å². The van der Waals surface area contributed by atoms with Crippen molar-refractivity contribution in [3.8, 4) is 0 Å². The summed E-state index contributed by atoms with van der Waals surface area (Å²) in [6.07, 6.45) is 2.75. The van der Waals surface area contributed by atoms with Gasteiger partial charge in [-0.1, -0.05) is 27.2 Å². The average Bonchev–Trinajstić information content (AvgIpc) is 2.48. The molecule has 1 aliphatic heterocycles. The first kappa shape index (κ1) is 10.4. The lowest BCUT2D eigenvalue weighted by molar-refractivity contribution is 0.0339. The lowest BCUT2D eigenvalue weighted by atomic mass is 9.88. The Morgan fingerprint density at radius 1 is 1.62 bits per heavy atom. The van der Waals surface area contributed by atoms with Crippen LogP contribution < -0.4 is 5.32 Å². The molecule has 0 aliphatic carbocycles. The summed E-state index contributed by atoms with van der Waals surface area (Å²) in [5.74, 6) is 0.618. The Hall–Kier alpha value is -0.730. The SMILES string of the molecule is CCC(C)CC1(CC)CNC(=O)O1. The van der Waals surface area contributed by atoms with Crippen LogP contribution >= 0.6 is 0 Å². The number of nitrogens with one attached hydrogen (secondary N) is 1. The molecule has 1 saturated heterocycles. The number of rotatable bonds is 4. The zero-order chi connectivity index (χ0) is 9.90. The van der Waals surface area contributed by atoms with Crippen LogP contribution in [0.4, 0.5) is 4.79 Å². The highest BCUT2D eigenvalue weighted by Gasteiger charge is 2.39. The molecule has 0 bridgehead atoms. The van der Waals surface area contributed by atoms with E-state index in [9.17, 15) is 4.79 Å². The summed E-state index contributed by atoms with van der Waals surface area (Å²) < 4.78 is 5.32. The van der Waals surface area contributed by atoms with Gasteiger partial charge in [0.25, 0.3) is 0 Å². The highest BCUT2D eigenvalue weighted by atomic mass is 16.6. The Kier molecular flexibility index (Phi) is 3.17. The smallest absolute Gasteiger partial charge is 0.407 e. The van der Waals surface area contributed by atoms with Gasteiger partial charge < -0.3 is 10.1 Å². The van der Waals surface area contributed by atoms with Crippen molar-refractivity contribution in [1.82, 2.24) is 5.32 Å². The average molecular weight is 185 g/mol. The van der Waals surface area contributed by atoms with Crippen molar-refractivity contribution in [3.63, 3.8) is 0 Å². The molecule has 1 rings (SSSR count). The Morgan fingerprint density at radius 2 is 2.31 bits per heavy atom. The van der Waals surface area contributed by atoms with Gasteiger partial charge >= 0.3 is 6.09 Å². The highest BCUT2D eigenvalue weighted by Crippen LogP contribution is 2.29. The summed E-state index contributed by atoms with van der Waals surface area (Å²) >= 11 is 0. The summed E-state index contributed by atoms with van der Waals surface area (Å²) in [6, 6.07) is 0. The maximum absolute atomic E-state index is 11.0. The van der Waals surface area contributed by atoms with E-state index >= 15 is 0 Å². The predicted octanol–water partition coefficient (Wildman–Crippen LogP) is 2.31. The van der Waals surface area contributed by atoms with Gasteiger partial charge in [-0.2, -0.15) is 0 Å². The van der Waals surface area contributed by atoms with Crippen LogP contribution in [-0.4, -0.2) is 18.2 Å². The third-order valence-electron chi connectivity index (χ3n) is 2.93. The first-order valence-electron chi connectivity index (χ1n) is 5.08. The molecule has 76 valence electrons. The van der Waals surface area contributed by atoms with Gasteiger partial charge in [0, 0.05) is 0 Å². The fraction of sp³-hybridized carbons (Fsp3) is 0.900. The van der Waals surface area contributed by atoms with Crippen LogP contribution in [0.2, 0.25) is 0 Å². The molecule has 0 radical (unpaired) electrons. The number of carbonyl (C=O) groups is 1. The third kappa shape index (κ3) is 2.36. The Morgan fingerprint density at radius 3 is 2.69 bits per heavy atom. The summed E-state index contributed by atoms with van der Waals surface area (Å²) in [6.45, 7) is 7.11. The minimum atomic E-state index is -0.259. The first-order chi connectivity index (χ1) is 6.12. The number of alkyl carbamates (subject to hydrolysis) is 1. The summed E-state index contributed by atoms with van der Waals surface area (Å²) in [7, 11) is 0. The largest absolute Gasteiger partial charge is 0.441 e. The number of hydrogen-bond donors (Lipinski definition) is 1. The van der Waals surface area contributed by atoms with E-state index in [-0.39, 0.29) is 11.7 Å². The van der Waals surface area contributed by atoms with Crippen LogP contribution in [0.3, 0.4) is 0 Å². The second-order valence-electron chi connectivity index (χ2n) is 4.00. The fourth-order valence-corrected chi connectivity index (χ4v) is 1.74. The van der Waals surface area contributed by atoms with Crippen LogP contribution in [0, 0.1) is 5.92 Å². The van der Waals surface area contributed by atoms with Crippen LogP contribution in [-0.2, 0) is 4.74 Å². The lowest BCUT2D eigenvalue weighted by Gasteiger charge is -2.27. The molecule has 2 unspecified atom stereocenters. The van der Waals surface area contributed by atoms with Crippen LogP contribution in [0.15, 0.2) is 0 Å². The van der Waals surface area contributed by atoms with Gasteiger partial charge in [-0.05, 0) is 18.8 Å². The molecule has 2 atom stereocenters. The van der Waals surface area contributed by atoms with Crippen molar-refractivity contribution >= 4 is 6.09 Å². The maximum atomic E-state index is 11.0. The molecule has 0 aromatic carbocycles. The van der Waals surface area contributed by atoms with Gasteiger partial charge in [0.2, 0.25) is 0 Å². The summed E-state index contributed by atoms with van der Waals surface area (Å²) in [4.78, 5) is 11.0. The number of carbonyl (C=O) groups excluding carboxylic acids is 1. The van der Waals surface area contributed by atoms with Crippen molar-refractivity contribution in [2.75, 3.05) is 6.54 Å². The minimum absolute atomic E-state index is 0.230. The normalized spacial score (nSPS) is 29.6. The van der Waals surface area contributed by atoms with Crippen LogP contribution in [0.25, 0.3) is 0 Å². The van der Waals surface area contributed by atoms with E-state index in [0.29, 0.717) is 12.5 Å². The molecule has 1 aliphatic rings. The molecule has 1 fully saturated rings. The number of amides is 1. The molecule has 0 aromatic rings. The van der Waals surface area contributed by atoms with E-state index in [1.807, 2.05) is 0 Å². The molecule has 3 heteroatoms. The second-order valence-corrected chi connectivity index (χ2v) is 4.00. The molecular weight excluding hydrogens is 166 g/mol. The van der Waals surface area contributed by atoms with Crippen LogP contribution in [0.1, 0.15) is 40.0 Å². The van der Waals surface area contributed by atoms with Gasteiger partial charge in [-0.25, -0.2) is 4.79 Å². The molecule has 0 saturated carbocycles. The van der Waals surface area contributed by atoms with Crippen LogP contribution in [0.5, 0.6) is 0 Å². The molecule has 3 nitrogen and oxygen atoms in total. The van der Waals surface area contributed by atoms with Gasteiger partial charge in [0.15, 0.2) is 0 Å². The van der Waals surface area contributed by atoms with E-state index in [2.05, 4.69) is 26.1 Å². The van der Waals surface area contributed by atoms with E-state index < -0.39 is 0 Å². The third-order valence-corrected chi connectivity index (χ3v) is 2.93. The lowest BCUT2D eigenvalue weighted by Crippen LogP contribution is -2.34. The Balaban J connectivity index is 2.55. The Labute approximate surface area is 79.8 Å². The monoisotopic (exact) mass is 185 g/mol. The fourth-order valence-electron chi connectivity index (χ4n) is 1.74. The van der Waals surface area contributed by atoms with Crippen molar-refractivity contribution < 1.29 is 9.53 Å². The Bertz CT molecular complexity index is 193. The molecule has 13 heavy (non-hydrogen) atoms. The predicted molar refractivity (Wildman–Crippen MR) is 51.6 cm³/mol. The molecule has 1 amide bonds. The van der Waals surface area contributed by atoms with Crippen molar-refractivity contribution in [3.05, 3.63) is 0 Å². The number of cyclic esters (lactones) is 1. The van der Waals surface area contributed by atoms with Crippen molar-refractivity contribution in [2.45, 2.75) is 45.6 Å². The van der Waals surface area contributed by atoms with Gasteiger partial charge in [-0.15, -0.1) is 0 Å². The first-order valence-corrected chi connectivity index (χ1v) is 5.08. The molecule has 0 spiro atoms. The molecular formula is C10H19NO2. The van der Waals surface area contributed by atoms with Gasteiger partial charge in [-0.3, -0.25) is 0 Å². The topological polar surface area (TPSA) is 38.3 Å². The number of ether oxygens (including phenoxy) is 1. The standard InChI is InChI=1S/C10H19NO2/c1-4-8(3)6-10(5-2)7-11-9(12)13-10/h8H,4-7H2,1-3H3,(H,11,12). The summed E-state index contributed by atoms with van der Waals surface area (Å²) in [5.41, 5.74) is -0.230. The van der Waals surface area contributed by atoms with E-state index in [1.165, 1.54) is 0 Å². The van der Waals surface area contributed by atoms with Gasteiger partial charge in [0.1, 0.15) is 5.60 Å². The summed E-state index contributed by atoms with van der Waals surface area (Å²) in [5, 5.41) is 2.73. The zero-order valence-electron chi connectivity index (χ0n) is 8.72. The molecule has 0 aromatic heterocycles. The molecule has 1 heterocycles. The quantitative estimate of drug-likeness (QED) is 0.730. The zero-order valence-corrected chi connectivity index (χ0v) is 8.72. The number of hydrogen-bond acceptors (Lipinski definition) is 2. The van der Waals surface area contributed by atoms with Gasteiger partial charge in [0.05, 0.1) is 6.54 Å². The van der Waals surface area contributed by atoms with E-state index in [0.717, 1.165) is 19.3 Å². The second kappa shape index (κ2) is 3.99. The van der Waals surface area contributed by atoms with Crippen molar-refractivity contribution in [1.29, 1.82) is 0 Å². The highest BCUT2D eigenvalue weighted by molar-refractivity contribution is 5.70. The maximum Gasteiger partial charge on any atom is 0.407 e. The minimum Gasteiger partial charge on any atom is -0.441 e. The van der Waals surface area contributed by atoms with Crippen molar-refractivity contribution in [2.24, 2.45) is 5.92 Å².